The third-order valence-corrected chi connectivity index (χ3v) is 7.77. The van der Waals surface area contributed by atoms with Crippen molar-refractivity contribution in [3.63, 3.8) is 0 Å². The first-order valence-electron chi connectivity index (χ1n) is 11.7. The summed E-state index contributed by atoms with van der Waals surface area (Å²) in [5.74, 6) is 0.485. The molecule has 1 aliphatic heterocycles. The molecule has 3 aromatic carbocycles. The standard InChI is InChI=1S/C29H24N2O4S/c1-34-22-14-17(15-23(35-2)27(22)32)16-24-28(33)31-26(19-9-4-3-5-10-19)21-13-12-18-8-6-7-11-20(18)25(21)30-29(31)36-24/h3-11,14-16,26,32H,12-13H2,1-2H3/b24-16-/t26-/m1/s1. The summed E-state index contributed by atoms with van der Waals surface area (Å²) < 4.78 is 13.0. The van der Waals surface area contributed by atoms with Crippen LogP contribution in [-0.4, -0.2) is 23.9 Å². The molecule has 0 saturated heterocycles. The molecule has 0 saturated carbocycles. The number of phenols is 1. The second-order valence-electron chi connectivity index (χ2n) is 8.80. The molecule has 4 aromatic rings. The van der Waals surface area contributed by atoms with Gasteiger partial charge in [0.1, 0.15) is 0 Å². The molecule has 2 aliphatic rings. The second kappa shape index (κ2) is 8.84. The predicted molar refractivity (Wildman–Crippen MR) is 140 cm³/mol. The van der Waals surface area contributed by atoms with Gasteiger partial charge in [-0.2, -0.15) is 0 Å². The summed E-state index contributed by atoms with van der Waals surface area (Å²) >= 11 is 1.37. The van der Waals surface area contributed by atoms with E-state index in [1.54, 1.807) is 18.2 Å². The van der Waals surface area contributed by atoms with Crippen molar-refractivity contribution in [2.45, 2.75) is 18.9 Å². The highest BCUT2D eigenvalue weighted by molar-refractivity contribution is 7.07. The van der Waals surface area contributed by atoms with Crippen LogP contribution in [0.2, 0.25) is 0 Å². The number of aromatic nitrogens is 1. The molecule has 0 spiro atoms. The van der Waals surface area contributed by atoms with E-state index in [0.29, 0.717) is 14.9 Å². The smallest absolute Gasteiger partial charge is 0.271 e. The minimum Gasteiger partial charge on any atom is -0.502 e. The number of aromatic hydroxyl groups is 1. The lowest BCUT2D eigenvalue weighted by Gasteiger charge is -2.30. The topological polar surface area (TPSA) is 73.1 Å². The quantitative estimate of drug-likeness (QED) is 0.463. The van der Waals surface area contributed by atoms with Crippen LogP contribution in [-0.2, 0) is 6.42 Å². The maximum absolute atomic E-state index is 13.8. The summed E-state index contributed by atoms with van der Waals surface area (Å²) in [5.41, 5.74) is 6.25. The molecule has 0 amide bonds. The van der Waals surface area contributed by atoms with Gasteiger partial charge in [-0.1, -0.05) is 65.9 Å². The van der Waals surface area contributed by atoms with Gasteiger partial charge in [0.2, 0.25) is 5.75 Å². The van der Waals surface area contributed by atoms with E-state index in [2.05, 4.69) is 30.3 Å². The number of phenolic OH excluding ortho intramolecular Hbond substituents is 1. The maximum Gasteiger partial charge on any atom is 0.271 e. The van der Waals surface area contributed by atoms with Gasteiger partial charge in [-0.25, -0.2) is 4.99 Å². The van der Waals surface area contributed by atoms with Gasteiger partial charge in [-0.15, -0.1) is 0 Å². The SMILES string of the molecule is COc1cc(/C=c2\sc3n(c2=O)[C@H](c2ccccc2)C2=C(N=3)c3ccccc3CC2)cc(OC)c1O. The van der Waals surface area contributed by atoms with E-state index in [1.165, 1.54) is 36.7 Å². The molecule has 36 heavy (non-hydrogen) atoms. The molecule has 1 aromatic heterocycles. The van der Waals surface area contributed by atoms with Crippen molar-refractivity contribution < 1.29 is 14.6 Å². The fourth-order valence-corrected chi connectivity index (χ4v) is 6.11. The summed E-state index contributed by atoms with van der Waals surface area (Å²) in [5, 5.41) is 10.3. The summed E-state index contributed by atoms with van der Waals surface area (Å²) in [6.45, 7) is 0. The molecule has 1 N–H and O–H groups in total. The number of hydrogen-bond donors (Lipinski definition) is 1. The van der Waals surface area contributed by atoms with Crippen LogP contribution in [0.4, 0.5) is 0 Å². The second-order valence-corrected chi connectivity index (χ2v) is 9.81. The van der Waals surface area contributed by atoms with E-state index in [4.69, 9.17) is 14.5 Å². The molecule has 1 atom stereocenters. The van der Waals surface area contributed by atoms with Gasteiger partial charge >= 0.3 is 0 Å². The van der Waals surface area contributed by atoms with Gasteiger partial charge in [0.15, 0.2) is 16.3 Å². The first-order chi connectivity index (χ1) is 17.6. The van der Waals surface area contributed by atoms with Crippen LogP contribution in [0.25, 0.3) is 11.8 Å². The number of hydrogen-bond acceptors (Lipinski definition) is 6. The Morgan fingerprint density at radius 2 is 1.69 bits per heavy atom. The van der Waals surface area contributed by atoms with Gasteiger partial charge in [-0.3, -0.25) is 9.36 Å². The van der Waals surface area contributed by atoms with Crippen LogP contribution in [0.1, 0.15) is 34.7 Å². The van der Waals surface area contributed by atoms with E-state index >= 15 is 0 Å². The van der Waals surface area contributed by atoms with Gasteiger partial charge in [-0.05, 0) is 53.3 Å². The Labute approximate surface area is 211 Å². The average Bonchev–Trinajstić information content (AvgIpc) is 3.22. The monoisotopic (exact) mass is 496 g/mol. The average molecular weight is 497 g/mol. The maximum atomic E-state index is 13.8. The summed E-state index contributed by atoms with van der Waals surface area (Å²) in [6.07, 6.45) is 3.57. The van der Waals surface area contributed by atoms with Crippen molar-refractivity contribution in [2.75, 3.05) is 14.2 Å². The predicted octanol–water partition coefficient (Wildman–Crippen LogP) is 4.04. The Kier molecular flexibility index (Phi) is 5.49. The molecule has 6 rings (SSSR count). The fourth-order valence-electron chi connectivity index (χ4n) is 5.11. The minimum absolute atomic E-state index is 0.0750. The van der Waals surface area contributed by atoms with Crippen molar-refractivity contribution in [3.8, 4) is 17.2 Å². The molecular weight excluding hydrogens is 472 g/mol. The Morgan fingerprint density at radius 3 is 2.42 bits per heavy atom. The highest BCUT2D eigenvalue weighted by atomic mass is 32.1. The first kappa shape index (κ1) is 22.4. The number of nitrogens with zero attached hydrogens (tertiary/aromatic N) is 2. The highest BCUT2D eigenvalue weighted by Gasteiger charge is 2.32. The van der Waals surface area contributed by atoms with E-state index in [-0.39, 0.29) is 28.8 Å². The van der Waals surface area contributed by atoms with Crippen molar-refractivity contribution in [3.05, 3.63) is 114 Å². The van der Waals surface area contributed by atoms with Crippen molar-refractivity contribution in [2.24, 2.45) is 4.99 Å². The summed E-state index contributed by atoms with van der Waals surface area (Å²) in [6, 6.07) is 21.7. The number of benzene rings is 3. The number of aryl methyl sites for hydroxylation is 1. The van der Waals surface area contributed by atoms with Crippen molar-refractivity contribution in [1.29, 1.82) is 0 Å². The van der Waals surface area contributed by atoms with Crippen LogP contribution >= 0.6 is 11.3 Å². The van der Waals surface area contributed by atoms with Crippen LogP contribution in [0.3, 0.4) is 0 Å². The molecule has 1 aliphatic carbocycles. The normalized spacial score (nSPS) is 16.6. The van der Waals surface area contributed by atoms with Gasteiger partial charge in [0, 0.05) is 5.56 Å². The fraction of sp³-hybridized carbons (Fsp3) is 0.172. The minimum atomic E-state index is -0.211. The molecule has 7 heteroatoms. The van der Waals surface area contributed by atoms with Crippen molar-refractivity contribution in [1.82, 2.24) is 4.57 Å². The number of thiazole rings is 1. The molecule has 2 heterocycles. The number of ether oxygens (including phenoxy) is 2. The number of allylic oxidation sites excluding steroid dienone is 1. The Balaban J connectivity index is 1.60. The number of methoxy groups -OCH3 is 2. The lowest BCUT2D eigenvalue weighted by molar-refractivity contribution is 0.340. The lowest BCUT2D eigenvalue weighted by atomic mass is 9.83. The number of fused-ring (bicyclic) bond motifs is 3. The highest BCUT2D eigenvalue weighted by Crippen LogP contribution is 2.41. The molecular formula is C29H24N2O4S. The molecule has 0 bridgehead atoms. The van der Waals surface area contributed by atoms with Crippen LogP contribution in [0.5, 0.6) is 17.2 Å². The zero-order valence-corrected chi connectivity index (χ0v) is 20.7. The Bertz CT molecular complexity index is 1670. The van der Waals surface area contributed by atoms with E-state index in [9.17, 15) is 9.90 Å². The van der Waals surface area contributed by atoms with Crippen LogP contribution in [0, 0.1) is 0 Å². The largest absolute Gasteiger partial charge is 0.502 e. The first-order valence-corrected chi connectivity index (χ1v) is 12.5. The van der Waals surface area contributed by atoms with E-state index in [0.717, 1.165) is 29.7 Å². The van der Waals surface area contributed by atoms with Gasteiger partial charge in [0.05, 0.1) is 30.5 Å². The van der Waals surface area contributed by atoms with Gasteiger partial charge in [0.25, 0.3) is 5.56 Å². The Morgan fingerprint density at radius 1 is 1.00 bits per heavy atom. The third-order valence-electron chi connectivity index (χ3n) is 6.79. The molecule has 0 radical (unpaired) electrons. The third kappa shape index (κ3) is 3.55. The van der Waals surface area contributed by atoms with Crippen LogP contribution in [0.15, 0.2) is 82.1 Å². The van der Waals surface area contributed by atoms with Crippen LogP contribution < -0.4 is 24.4 Å². The zero-order valence-electron chi connectivity index (χ0n) is 19.9. The summed E-state index contributed by atoms with van der Waals surface area (Å²) in [7, 11) is 2.96. The molecule has 6 nitrogen and oxygen atoms in total. The molecule has 0 unspecified atom stereocenters. The van der Waals surface area contributed by atoms with E-state index < -0.39 is 0 Å². The Hall–Kier alpha value is -4.10. The zero-order chi connectivity index (χ0) is 24.8. The molecule has 0 fully saturated rings. The molecule has 180 valence electrons. The van der Waals surface area contributed by atoms with Gasteiger partial charge < -0.3 is 14.6 Å². The van der Waals surface area contributed by atoms with Crippen molar-refractivity contribution >= 4 is 23.1 Å². The van der Waals surface area contributed by atoms with E-state index in [1.807, 2.05) is 28.8 Å². The number of rotatable bonds is 4. The summed E-state index contributed by atoms with van der Waals surface area (Å²) in [4.78, 5) is 19.6. The lowest BCUT2D eigenvalue weighted by Crippen LogP contribution is -2.38.